The van der Waals surface area contributed by atoms with Crippen LogP contribution in [0.4, 0.5) is 0 Å². The number of carbonyl (C=O) groups excluding carboxylic acids is 3. The highest BCUT2D eigenvalue weighted by Gasteiger charge is 2.54. The Morgan fingerprint density at radius 2 is 1.76 bits per heavy atom. The van der Waals surface area contributed by atoms with Crippen molar-refractivity contribution in [2.75, 3.05) is 7.05 Å². The van der Waals surface area contributed by atoms with Gasteiger partial charge in [0, 0.05) is 24.8 Å². The van der Waals surface area contributed by atoms with E-state index in [0.717, 1.165) is 21.6 Å². The summed E-state index contributed by atoms with van der Waals surface area (Å²) in [7, 11) is 1.77. The molecule has 1 aliphatic heterocycles. The van der Waals surface area contributed by atoms with Crippen LogP contribution in [0.15, 0.2) is 72.1 Å². The van der Waals surface area contributed by atoms with Crippen LogP contribution < -0.4 is 0 Å². The third-order valence-electron chi connectivity index (χ3n) is 6.64. The van der Waals surface area contributed by atoms with Gasteiger partial charge in [0.25, 0.3) is 0 Å². The number of nitrogens with zero attached hydrogens (tertiary/aromatic N) is 2. The SMILES string of the molecule is Cc1ccccc1[C@@]1(CC(=O)N(C)[C@H](C)c2cccs2)CC(=O)N(Cc2ccccc2)C1=O. The van der Waals surface area contributed by atoms with E-state index in [1.165, 1.54) is 4.90 Å². The maximum atomic E-state index is 13.9. The first kappa shape index (κ1) is 22.9. The first-order valence-electron chi connectivity index (χ1n) is 11.1. The smallest absolute Gasteiger partial charge is 0.241 e. The Morgan fingerprint density at radius 1 is 1.06 bits per heavy atom. The van der Waals surface area contributed by atoms with Gasteiger partial charge in [-0.25, -0.2) is 0 Å². The summed E-state index contributed by atoms with van der Waals surface area (Å²) >= 11 is 1.60. The predicted molar refractivity (Wildman–Crippen MR) is 130 cm³/mol. The van der Waals surface area contributed by atoms with Crippen molar-refractivity contribution < 1.29 is 14.4 Å². The van der Waals surface area contributed by atoms with E-state index in [9.17, 15) is 14.4 Å². The second-order valence-corrected chi connectivity index (χ2v) is 9.70. The van der Waals surface area contributed by atoms with Crippen LogP contribution in [0, 0.1) is 6.92 Å². The fraction of sp³-hybridized carbons (Fsp3) is 0.296. The van der Waals surface area contributed by atoms with E-state index in [-0.39, 0.29) is 43.1 Å². The van der Waals surface area contributed by atoms with Crippen molar-refractivity contribution in [3.63, 3.8) is 0 Å². The number of aryl methyl sites for hydroxylation is 1. The quantitative estimate of drug-likeness (QED) is 0.473. The molecule has 0 spiro atoms. The molecule has 1 aromatic heterocycles. The normalized spacial score (nSPS) is 19.1. The van der Waals surface area contributed by atoms with Gasteiger partial charge in [0.05, 0.1) is 18.0 Å². The molecule has 4 rings (SSSR count). The Balaban J connectivity index is 1.68. The van der Waals surface area contributed by atoms with Gasteiger partial charge < -0.3 is 4.90 Å². The Labute approximate surface area is 198 Å². The van der Waals surface area contributed by atoms with E-state index >= 15 is 0 Å². The monoisotopic (exact) mass is 460 g/mol. The van der Waals surface area contributed by atoms with Gasteiger partial charge in [-0.1, -0.05) is 60.7 Å². The van der Waals surface area contributed by atoms with E-state index in [4.69, 9.17) is 0 Å². The second-order valence-electron chi connectivity index (χ2n) is 8.72. The molecular formula is C27H28N2O3S. The molecule has 1 saturated heterocycles. The summed E-state index contributed by atoms with van der Waals surface area (Å²) in [5, 5.41) is 1.99. The zero-order chi connectivity index (χ0) is 23.6. The summed E-state index contributed by atoms with van der Waals surface area (Å²) in [5.74, 6) is -0.688. The average Bonchev–Trinajstić information content (AvgIpc) is 3.43. The third-order valence-corrected chi connectivity index (χ3v) is 7.68. The van der Waals surface area contributed by atoms with Crippen molar-refractivity contribution in [3.05, 3.63) is 93.7 Å². The second kappa shape index (κ2) is 9.32. The highest BCUT2D eigenvalue weighted by Crippen LogP contribution is 2.42. The van der Waals surface area contributed by atoms with Crippen molar-refractivity contribution in [1.82, 2.24) is 9.80 Å². The lowest BCUT2D eigenvalue weighted by Crippen LogP contribution is -2.43. The summed E-state index contributed by atoms with van der Waals surface area (Å²) in [6.45, 7) is 4.12. The minimum absolute atomic E-state index is 0.00349. The molecule has 3 amide bonds. The molecule has 0 aliphatic carbocycles. The molecule has 0 unspecified atom stereocenters. The van der Waals surface area contributed by atoms with Crippen molar-refractivity contribution in [3.8, 4) is 0 Å². The van der Waals surface area contributed by atoms with E-state index in [1.807, 2.05) is 86.0 Å². The van der Waals surface area contributed by atoms with Crippen molar-refractivity contribution in [1.29, 1.82) is 0 Å². The number of likely N-dealkylation sites (tertiary alicyclic amines) is 1. The minimum Gasteiger partial charge on any atom is -0.338 e. The molecule has 3 aromatic rings. The highest BCUT2D eigenvalue weighted by molar-refractivity contribution is 7.10. The molecule has 0 radical (unpaired) electrons. The van der Waals surface area contributed by atoms with Gasteiger partial charge in [-0.15, -0.1) is 11.3 Å². The number of hydrogen-bond acceptors (Lipinski definition) is 4. The molecule has 1 fully saturated rings. The van der Waals surface area contributed by atoms with E-state index in [2.05, 4.69) is 0 Å². The molecule has 0 saturated carbocycles. The average molecular weight is 461 g/mol. The minimum atomic E-state index is -1.20. The van der Waals surface area contributed by atoms with Crippen molar-refractivity contribution >= 4 is 29.1 Å². The van der Waals surface area contributed by atoms with E-state index < -0.39 is 5.41 Å². The predicted octanol–water partition coefficient (Wildman–Crippen LogP) is 4.86. The van der Waals surface area contributed by atoms with Gasteiger partial charge in [-0.3, -0.25) is 19.3 Å². The lowest BCUT2D eigenvalue weighted by atomic mass is 9.74. The summed E-state index contributed by atoms with van der Waals surface area (Å²) in [6.07, 6.45) is -0.0452. The fourth-order valence-corrected chi connectivity index (χ4v) is 5.43. The Bertz CT molecular complexity index is 1160. The lowest BCUT2D eigenvalue weighted by molar-refractivity contribution is -0.143. The van der Waals surface area contributed by atoms with E-state index in [0.29, 0.717) is 0 Å². The molecule has 2 aromatic carbocycles. The number of imide groups is 1. The number of thiophene rings is 1. The molecular weight excluding hydrogens is 432 g/mol. The number of amides is 3. The molecule has 2 atom stereocenters. The molecule has 1 aliphatic rings. The highest BCUT2D eigenvalue weighted by atomic mass is 32.1. The lowest BCUT2D eigenvalue weighted by Gasteiger charge is -2.32. The van der Waals surface area contributed by atoms with Gasteiger partial charge in [0.1, 0.15) is 0 Å². The van der Waals surface area contributed by atoms with Crippen molar-refractivity contribution in [2.24, 2.45) is 0 Å². The Hall–Kier alpha value is -3.25. The number of hydrogen-bond donors (Lipinski definition) is 0. The standard InChI is InChI=1S/C27H28N2O3S/c1-19-10-7-8-13-22(19)27(16-24(30)28(3)20(2)23-14-9-15-33-23)17-25(31)29(26(27)32)18-21-11-5-4-6-12-21/h4-15,20H,16-18H2,1-3H3/t20-,27-/m1/s1. The van der Waals surface area contributed by atoms with Crippen LogP contribution in [-0.2, 0) is 26.3 Å². The van der Waals surface area contributed by atoms with Gasteiger partial charge >= 0.3 is 0 Å². The molecule has 6 heteroatoms. The molecule has 2 heterocycles. The Kier molecular flexibility index (Phi) is 6.47. The molecule has 0 bridgehead atoms. The van der Waals surface area contributed by atoms with E-state index in [1.54, 1.807) is 23.3 Å². The molecule has 5 nitrogen and oxygen atoms in total. The first-order chi connectivity index (χ1) is 15.8. The maximum Gasteiger partial charge on any atom is 0.241 e. The largest absolute Gasteiger partial charge is 0.338 e. The molecule has 33 heavy (non-hydrogen) atoms. The van der Waals surface area contributed by atoms with Crippen LogP contribution in [0.2, 0.25) is 0 Å². The third kappa shape index (κ3) is 4.35. The Morgan fingerprint density at radius 3 is 2.42 bits per heavy atom. The van der Waals surface area contributed by atoms with Crippen LogP contribution in [0.5, 0.6) is 0 Å². The van der Waals surface area contributed by atoms with Gasteiger partial charge in [0.15, 0.2) is 0 Å². The number of rotatable bonds is 7. The van der Waals surface area contributed by atoms with Crippen LogP contribution in [0.1, 0.15) is 47.4 Å². The van der Waals surface area contributed by atoms with Gasteiger partial charge in [-0.05, 0) is 42.0 Å². The zero-order valence-electron chi connectivity index (χ0n) is 19.2. The van der Waals surface area contributed by atoms with Gasteiger partial charge in [0.2, 0.25) is 17.7 Å². The first-order valence-corrected chi connectivity index (χ1v) is 12.0. The van der Waals surface area contributed by atoms with Gasteiger partial charge in [-0.2, -0.15) is 0 Å². The molecule has 0 N–H and O–H groups in total. The topological polar surface area (TPSA) is 57.7 Å². The van der Waals surface area contributed by atoms with Crippen LogP contribution in [0.25, 0.3) is 0 Å². The summed E-state index contributed by atoms with van der Waals surface area (Å²) < 4.78 is 0. The maximum absolute atomic E-state index is 13.9. The summed E-state index contributed by atoms with van der Waals surface area (Å²) in [5.41, 5.74) is 1.35. The summed E-state index contributed by atoms with van der Waals surface area (Å²) in [4.78, 5) is 44.6. The van der Waals surface area contributed by atoms with Crippen LogP contribution in [-0.4, -0.2) is 34.6 Å². The fourth-order valence-electron chi connectivity index (χ4n) is 4.60. The van der Waals surface area contributed by atoms with Crippen LogP contribution >= 0.6 is 11.3 Å². The number of benzene rings is 2. The van der Waals surface area contributed by atoms with Crippen LogP contribution in [0.3, 0.4) is 0 Å². The van der Waals surface area contributed by atoms with Crippen molar-refractivity contribution in [2.45, 2.75) is 44.7 Å². The molecule has 170 valence electrons. The zero-order valence-corrected chi connectivity index (χ0v) is 20.0. The number of carbonyl (C=O) groups is 3. The summed E-state index contributed by atoms with van der Waals surface area (Å²) in [6, 6.07) is 20.9.